The van der Waals surface area contributed by atoms with E-state index in [0.29, 0.717) is 0 Å². The van der Waals surface area contributed by atoms with Gasteiger partial charge in [0.05, 0.1) is 7.11 Å². The lowest BCUT2D eigenvalue weighted by atomic mass is 10.1. The fourth-order valence-electron chi connectivity index (χ4n) is 1.26. The van der Waals surface area contributed by atoms with E-state index in [-0.39, 0.29) is 11.3 Å². The SMILES string of the molecule is COc1ccc(O)c(O)c1C(=O)OC(C)(C)C. The summed E-state index contributed by atoms with van der Waals surface area (Å²) in [4.78, 5) is 11.8. The highest BCUT2D eigenvalue weighted by atomic mass is 16.6. The topological polar surface area (TPSA) is 76.0 Å². The molecular formula is C12H16O5. The Bertz CT molecular complexity index is 431. The van der Waals surface area contributed by atoms with Gasteiger partial charge in [-0.05, 0) is 32.9 Å². The molecule has 0 atom stereocenters. The summed E-state index contributed by atoms with van der Waals surface area (Å²) < 4.78 is 10.1. The van der Waals surface area contributed by atoms with Crippen LogP contribution in [0.1, 0.15) is 31.1 Å². The highest BCUT2D eigenvalue weighted by molar-refractivity contribution is 5.96. The smallest absolute Gasteiger partial charge is 0.346 e. The molecule has 0 saturated carbocycles. The number of carbonyl (C=O) groups is 1. The molecule has 0 radical (unpaired) electrons. The number of benzene rings is 1. The first-order chi connectivity index (χ1) is 7.76. The molecule has 0 aliphatic rings. The maximum atomic E-state index is 11.8. The number of hydrogen-bond acceptors (Lipinski definition) is 5. The van der Waals surface area contributed by atoms with Crippen molar-refractivity contribution in [2.24, 2.45) is 0 Å². The third kappa shape index (κ3) is 3.03. The molecule has 0 saturated heterocycles. The summed E-state index contributed by atoms with van der Waals surface area (Å²) in [7, 11) is 1.36. The van der Waals surface area contributed by atoms with Crippen molar-refractivity contribution < 1.29 is 24.5 Å². The Hall–Kier alpha value is -1.91. The zero-order valence-electron chi connectivity index (χ0n) is 10.3. The van der Waals surface area contributed by atoms with E-state index in [4.69, 9.17) is 9.47 Å². The Labute approximate surface area is 99.6 Å². The van der Waals surface area contributed by atoms with Gasteiger partial charge in [0, 0.05) is 0 Å². The molecule has 0 heterocycles. The maximum Gasteiger partial charge on any atom is 0.346 e. The summed E-state index contributed by atoms with van der Waals surface area (Å²) in [6.45, 7) is 5.12. The van der Waals surface area contributed by atoms with E-state index in [1.54, 1.807) is 20.8 Å². The monoisotopic (exact) mass is 240 g/mol. The molecule has 0 aliphatic carbocycles. The van der Waals surface area contributed by atoms with E-state index in [2.05, 4.69) is 0 Å². The minimum atomic E-state index is -0.747. The fourth-order valence-corrected chi connectivity index (χ4v) is 1.26. The lowest BCUT2D eigenvalue weighted by molar-refractivity contribution is 0.00630. The number of ether oxygens (including phenoxy) is 2. The summed E-state index contributed by atoms with van der Waals surface area (Å²) >= 11 is 0. The largest absolute Gasteiger partial charge is 0.504 e. The molecule has 2 N–H and O–H groups in total. The van der Waals surface area contributed by atoms with E-state index in [1.807, 2.05) is 0 Å². The normalized spacial score (nSPS) is 11.1. The molecule has 17 heavy (non-hydrogen) atoms. The molecule has 1 aromatic rings. The Morgan fingerprint density at radius 1 is 1.24 bits per heavy atom. The molecular weight excluding hydrogens is 224 g/mol. The van der Waals surface area contributed by atoms with Crippen LogP contribution in [-0.4, -0.2) is 28.9 Å². The standard InChI is InChI=1S/C12H16O5/c1-12(2,3)17-11(15)9-8(16-4)6-5-7(13)10(9)14/h5-6,13-14H,1-4H3. The van der Waals surface area contributed by atoms with Crippen LogP contribution in [0.2, 0.25) is 0 Å². The van der Waals surface area contributed by atoms with Crippen molar-refractivity contribution in [3.05, 3.63) is 17.7 Å². The van der Waals surface area contributed by atoms with Gasteiger partial charge in [0.15, 0.2) is 11.5 Å². The number of carbonyl (C=O) groups excluding carboxylic acids is 1. The van der Waals surface area contributed by atoms with Gasteiger partial charge in [0.2, 0.25) is 0 Å². The van der Waals surface area contributed by atoms with Gasteiger partial charge in [-0.3, -0.25) is 0 Å². The first kappa shape index (κ1) is 13.2. The van der Waals surface area contributed by atoms with E-state index in [1.165, 1.54) is 19.2 Å². The summed E-state index contributed by atoms with van der Waals surface area (Å²) in [5.41, 5.74) is -0.873. The van der Waals surface area contributed by atoms with Crippen LogP contribution in [0.15, 0.2) is 12.1 Å². The van der Waals surface area contributed by atoms with Crippen LogP contribution in [0, 0.1) is 0 Å². The second-order valence-corrected chi connectivity index (χ2v) is 4.51. The number of hydrogen-bond donors (Lipinski definition) is 2. The summed E-state index contributed by atoms with van der Waals surface area (Å²) in [5, 5.41) is 19.0. The third-order valence-corrected chi connectivity index (χ3v) is 1.94. The zero-order valence-corrected chi connectivity index (χ0v) is 10.3. The van der Waals surface area contributed by atoms with Gasteiger partial charge in [-0.25, -0.2) is 4.79 Å². The predicted molar refractivity (Wildman–Crippen MR) is 61.5 cm³/mol. The molecule has 0 fully saturated rings. The van der Waals surface area contributed by atoms with Crippen molar-refractivity contribution in [3.63, 3.8) is 0 Å². The quantitative estimate of drug-likeness (QED) is 0.611. The Morgan fingerprint density at radius 2 is 1.82 bits per heavy atom. The number of methoxy groups -OCH3 is 1. The van der Waals surface area contributed by atoms with Gasteiger partial charge in [-0.2, -0.15) is 0 Å². The number of rotatable bonds is 2. The summed E-state index contributed by atoms with van der Waals surface area (Å²) in [6, 6.07) is 2.62. The Kier molecular flexibility index (Phi) is 3.50. The van der Waals surface area contributed by atoms with Crippen LogP contribution in [0.25, 0.3) is 0 Å². The number of aromatic hydroxyl groups is 2. The second kappa shape index (κ2) is 4.53. The highest BCUT2D eigenvalue weighted by Crippen LogP contribution is 2.36. The van der Waals surface area contributed by atoms with Crippen molar-refractivity contribution in [3.8, 4) is 17.2 Å². The Balaban J connectivity index is 3.20. The summed E-state index contributed by atoms with van der Waals surface area (Å²) in [6.07, 6.45) is 0. The molecule has 94 valence electrons. The van der Waals surface area contributed by atoms with Crippen molar-refractivity contribution in [1.29, 1.82) is 0 Å². The minimum Gasteiger partial charge on any atom is -0.504 e. The van der Waals surface area contributed by atoms with Crippen LogP contribution < -0.4 is 4.74 Å². The molecule has 0 bridgehead atoms. The second-order valence-electron chi connectivity index (χ2n) is 4.51. The maximum absolute atomic E-state index is 11.8. The molecule has 5 nitrogen and oxygen atoms in total. The van der Waals surface area contributed by atoms with Gasteiger partial charge >= 0.3 is 5.97 Å². The highest BCUT2D eigenvalue weighted by Gasteiger charge is 2.25. The van der Waals surface area contributed by atoms with Crippen molar-refractivity contribution in [2.75, 3.05) is 7.11 Å². The first-order valence-corrected chi connectivity index (χ1v) is 5.08. The first-order valence-electron chi connectivity index (χ1n) is 5.08. The summed E-state index contributed by atoms with van der Waals surface area (Å²) in [5.74, 6) is -1.54. The number of phenolic OH excluding ortho intramolecular Hbond substituents is 2. The molecule has 0 spiro atoms. The molecule has 0 amide bonds. The third-order valence-electron chi connectivity index (χ3n) is 1.94. The average molecular weight is 240 g/mol. The molecule has 1 rings (SSSR count). The van der Waals surface area contributed by atoms with Crippen LogP contribution >= 0.6 is 0 Å². The van der Waals surface area contributed by atoms with Crippen LogP contribution in [0.4, 0.5) is 0 Å². The Morgan fingerprint density at radius 3 is 2.29 bits per heavy atom. The van der Waals surface area contributed by atoms with E-state index < -0.39 is 23.1 Å². The average Bonchev–Trinajstić information content (AvgIpc) is 2.19. The van der Waals surface area contributed by atoms with Crippen LogP contribution in [-0.2, 0) is 4.74 Å². The minimum absolute atomic E-state index is 0.148. The molecule has 0 aromatic heterocycles. The number of esters is 1. The van der Waals surface area contributed by atoms with Gasteiger partial charge in [0.25, 0.3) is 0 Å². The predicted octanol–water partition coefficient (Wildman–Crippen LogP) is 2.06. The van der Waals surface area contributed by atoms with Crippen LogP contribution in [0.5, 0.6) is 17.2 Å². The van der Waals surface area contributed by atoms with Crippen LogP contribution in [0.3, 0.4) is 0 Å². The van der Waals surface area contributed by atoms with Crippen molar-refractivity contribution >= 4 is 5.97 Å². The zero-order chi connectivity index (χ0) is 13.2. The van der Waals surface area contributed by atoms with E-state index in [0.717, 1.165) is 0 Å². The molecule has 1 aromatic carbocycles. The van der Waals surface area contributed by atoms with E-state index >= 15 is 0 Å². The van der Waals surface area contributed by atoms with Gasteiger partial charge in [0.1, 0.15) is 16.9 Å². The van der Waals surface area contributed by atoms with Gasteiger partial charge < -0.3 is 19.7 Å². The molecule has 5 heteroatoms. The van der Waals surface area contributed by atoms with Crippen molar-refractivity contribution in [1.82, 2.24) is 0 Å². The van der Waals surface area contributed by atoms with Crippen molar-refractivity contribution in [2.45, 2.75) is 26.4 Å². The lowest BCUT2D eigenvalue weighted by Gasteiger charge is -2.20. The van der Waals surface area contributed by atoms with E-state index in [9.17, 15) is 15.0 Å². The lowest BCUT2D eigenvalue weighted by Crippen LogP contribution is -2.24. The molecule has 0 aliphatic heterocycles. The fraction of sp³-hybridized carbons (Fsp3) is 0.417. The van der Waals surface area contributed by atoms with Gasteiger partial charge in [-0.15, -0.1) is 0 Å². The van der Waals surface area contributed by atoms with Gasteiger partial charge in [-0.1, -0.05) is 0 Å². The molecule has 0 unspecified atom stereocenters. The number of phenols is 2.